The largest absolute Gasteiger partial charge is 0.484 e. The average Bonchev–Trinajstić information content (AvgIpc) is 2.55. The summed E-state index contributed by atoms with van der Waals surface area (Å²) in [5, 5.41) is 6.22. The number of hydrogen-bond acceptors (Lipinski definition) is 3. The summed E-state index contributed by atoms with van der Waals surface area (Å²) in [6, 6.07) is 15.5. The SMILES string of the molecule is Cc1ccc(NC(=O)COc2cccc(CNCC(C)C)c2)cc1. The van der Waals surface area contributed by atoms with Gasteiger partial charge >= 0.3 is 0 Å². The van der Waals surface area contributed by atoms with Crippen LogP contribution >= 0.6 is 0 Å². The quantitative estimate of drug-likeness (QED) is 0.776. The van der Waals surface area contributed by atoms with Crippen LogP contribution in [0.3, 0.4) is 0 Å². The van der Waals surface area contributed by atoms with E-state index in [4.69, 9.17) is 4.74 Å². The van der Waals surface area contributed by atoms with Crippen LogP contribution in [0.15, 0.2) is 48.5 Å². The molecule has 0 heterocycles. The number of nitrogens with one attached hydrogen (secondary N) is 2. The van der Waals surface area contributed by atoms with Crippen molar-refractivity contribution in [1.29, 1.82) is 0 Å². The minimum atomic E-state index is -0.165. The first-order chi connectivity index (χ1) is 11.5. The second-order valence-electron chi connectivity index (χ2n) is 6.38. The number of carbonyl (C=O) groups is 1. The van der Waals surface area contributed by atoms with Gasteiger partial charge in [0.05, 0.1) is 0 Å². The molecule has 0 unspecified atom stereocenters. The minimum absolute atomic E-state index is 0.00322. The number of carbonyl (C=O) groups excluding carboxylic acids is 1. The predicted octanol–water partition coefficient (Wildman–Crippen LogP) is 3.76. The summed E-state index contributed by atoms with van der Waals surface area (Å²) in [6.07, 6.45) is 0. The molecule has 4 nitrogen and oxygen atoms in total. The van der Waals surface area contributed by atoms with Gasteiger partial charge in [-0.05, 0) is 49.2 Å². The lowest BCUT2D eigenvalue weighted by molar-refractivity contribution is -0.118. The van der Waals surface area contributed by atoms with Crippen molar-refractivity contribution in [2.75, 3.05) is 18.5 Å². The van der Waals surface area contributed by atoms with Gasteiger partial charge in [-0.3, -0.25) is 4.79 Å². The highest BCUT2D eigenvalue weighted by atomic mass is 16.5. The Kier molecular flexibility index (Phi) is 6.82. The van der Waals surface area contributed by atoms with Crippen LogP contribution in [0.5, 0.6) is 5.75 Å². The van der Waals surface area contributed by atoms with Crippen molar-refractivity contribution in [3.63, 3.8) is 0 Å². The Morgan fingerprint density at radius 1 is 1.12 bits per heavy atom. The van der Waals surface area contributed by atoms with Crippen LogP contribution in [0, 0.1) is 12.8 Å². The van der Waals surface area contributed by atoms with E-state index in [2.05, 4.69) is 24.5 Å². The first kappa shape index (κ1) is 18.0. The molecule has 0 fully saturated rings. The second-order valence-corrected chi connectivity index (χ2v) is 6.38. The van der Waals surface area contributed by atoms with Crippen molar-refractivity contribution < 1.29 is 9.53 Å². The molecule has 2 N–H and O–H groups in total. The molecule has 0 aliphatic heterocycles. The van der Waals surface area contributed by atoms with Gasteiger partial charge in [-0.2, -0.15) is 0 Å². The number of benzene rings is 2. The molecule has 0 aliphatic rings. The molecule has 0 saturated heterocycles. The van der Waals surface area contributed by atoms with Crippen LogP contribution in [0.2, 0.25) is 0 Å². The van der Waals surface area contributed by atoms with E-state index in [-0.39, 0.29) is 12.5 Å². The zero-order chi connectivity index (χ0) is 17.4. The number of hydrogen-bond donors (Lipinski definition) is 2. The fraction of sp³-hybridized carbons (Fsp3) is 0.350. The summed E-state index contributed by atoms with van der Waals surface area (Å²) in [5.74, 6) is 1.16. The smallest absolute Gasteiger partial charge is 0.262 e. The van der Waals surface area contributed by atoms with Crippen molar-refractivity contribution in [3.05, 3.63) is 59.7 Å². The molecule has 0 aromatic heterocycles. The van der Waals surface area contributed by atoms with Gasteiger partial charge in [-0.15, -0.1) is 0 Å². The molecule has 0 bridgehead atoms. The molecule has 0 aliphatic carbocycles. The molecule has 128 valence electrons. The minimum Gasteiger partial charge on any atom is -0.484 e. The first-order valence-corrected chi connectivity index (χ1v) is 8.32. The molecular weight excluding hydrogens is 300 g/mol. The number of amides is 1. The third kappa shape index (κ3) is 6.42. The number of anilines is 1. The maximum atomic E-state index is 12.0. The Morgan fingerprint density at radius 2 is 1.88 bits per heavy atom. The Bertz CT molecular complexity index is 651. The molecule has 2 rings (SSSR count). The van der Waals surface area contributed by atoms with Gasteiger partial charge in [0.1, 0.15) is 5.75 Å². The molecule has 0 saturated carbocycles. The predicted molar refractivity (Wildman–Crippen MR) is 98.3 cm³/mol. The van der Waals surface area contributed by atoms with Crippen LogP contribution in [0.1, 0.15) is 25.0 Å². The summed E-state index contributed by atoms with van der Waals surface area (Å²) in [4.78, 5) is 12.0. The van der Waals surface area contributed by atoms with Gasteiger partial charge in [0.2, 0.25) is 0 Å². The highest BCUT2D eigenvalue weighted by Crippen LogP contribution is 2.14. The van der Waals surface area contributed by atoms with Crippen molar-refractivity contribution in [2.24, 2.45) is 5.92 Å². The Hall–Kier alpha value is -2.33. The number of aryl methyl sites for hydroxylation is 1. The molecule has 0 atom stereocenters. The van der Waals surface area contributed by atoms with Crippen LogP contribution < -0.4 is 15.4 Å². The van der Waals surface area contributed by atoms with E-state index in [0.29, 0.717) is 11.7 Å². The van der Waals surface area contributed by atoms with E-state index in [0.717, 1.165) is 29.9 Å². The molecule has 0 radical (unpaired) electrons. The maximum absolute atomic E-state index is 12.0. The molecule has 24 heavy (non-hydrogen) atoms. The molecule has 2 aromatic carbocycles. The highest BCUT2D eigenvalue weighted by molar-refractivity contribution is 5.91. The van der Waals surface area contributed by atoms with E-state index < -0.39 is 0 Å². The van der Waals surface area contributed by atoms with Gasteiger partial charge < -0.3 is 15.4 Å². The summed E-state index contributed by atoms with van der Waals surface area (Å²) < 4.78 is 5.59. The van der Waals surface area contributed by atoms with E-state index >= 15 is 0 Å². The van der Waals surface area contributed by atoms with Gasteiger partial charge in [0.15, 0.2) is 6.61 Å². The summed E-state index contributed by atoms with van der Waals surface area (Å²) in [7, 11) is 0. The first-order valence-electron chi connectivity index (χ1n) is 8.32. The van der Waals surface area contributed by atoms with Crippen LogP contribution in [-0.4, -0.2) is 19.1 Å². The van der Waals surface area contributed by atoms with Gasteiger partial charge in [-0.25, -0.2) is 0 Å². The lowest BCUT2D eigenvalue weighted by Crippen LogP contribution is -2.20. The monoisotopic (exact) mass is 326 g/mol. The summed E-state index contributed by atoms with van der Waals surface area (Å²) in [5.41, 5.74) is 3.08. The lowest BCUT2D eigenvalue weighted by atomic mass is 10.2. The van der Waals surface area contributed by atoms with Crippen LogP contribution in [0.4, 0.5) is 5.69 Å². The Labute approximate surface area is 144 Å². The molecular formula is C20H26N2O2. The Balaban J connectivity index is 1.80. The van der Waals surface area contributed by atoms with Crippen LogP contribution in [-0.2, 0) is 11.3 Å². The van der Waals surface area contributed by atoms with Crippen molar-refractivity contribution in [3.8, 4) is 5.75 Å². The molecule has 4 heteroatoms. The van der Waals surface area contributed by atoms with E-state index in [9.17, 15) is 4.79 Å². The lowest BCUT2D eigenvalue weighted by Gasteiger charge is -2.10. The third-order valence-corrected chi connectivity index (χ3v) is 3.49. The standard InChI is InChI=1S/C20H26N2O2/c1-15(2)12-21-13-17-5-4-6-19(11-17)24-14-20(23)22-18-9-7-16(3)8-10-18/h4-11,15,21H,12-14H2,1-3H3,(H,22,23). The third-order valence-electron chi connectivity index (χ3n) is 3.49. The Morgan fingerprint density at radius 3 is 2.58 bits per heavy atom. The second kappa shape index (κ2) is 9.08. The van der Waals surface area contributed by atoms with E-state index in [1.807, 2.05) is 55.5 Å². The molecule has 0 spiro atoms. The normalized spacial score (nSPS) is 10.7. The fourth-order valence-corrected chi connectivity index (χ4v) is 2.23. The summed E-state index contributed by atoms with van der Waals surface area (Å²) >= 11 is 0. The van der Waals surface area contributed by atoms with Crippen molar-refractivity contribution >= 4 is 11.6 Å². The van der Waals surface area contributed by atoms with Gasteiger partial charge in [0.25, 0.3) is 5.91 Å². The highest BCUT2D eigenvalue weighted by Gasteiger charge is 2.04. The summed E-state index contributed by atoms with van der Waals surface area (Å²) in [6.45, 7) is 8.14. The van der Waals surface area contributed by atoms with Gasteiger partial charge in [0, 0.05) is 12.2 Å². The topological polar surface area (TPSA) is 50.4 Å². The fourth-order valence-electron chi connectivity index (χ4n) is 2.23. The number of rotatable bonds is 8. The van der Waals surface area contributed by atoms with Crippen molar-refractivity contribution in [2.45, 2.75) is 27.3 Å². The zero-order valence-electron chi connectivity index (χ0n) is 14.6. The van der Waals surface area contributed by atoms with E-state index in [1.165, 1.54) is 0 Å². The average molecular weight is 326 g/mol. The van der Waals surface area contributed by atoms with Crippen molar-refractivity contribution in [1.82, 2.24) is 5.32 Å². The maximum Gasteiger partial charge on any atom is 0.262 e. The van der Waals surface area contributed by atoms with E-state index in [1.54, 1.807) is 0 Å². The number of ether oxygens (including phenoxy) is 1. The van der Waals surface area contributed by atoms with Crippen LogP contribution in [0.25, 0.3) is 0 Å². The molecule has 2 aromatic rings. The zero-order valence-corrected chi connectivity index (χ0v) is 14.6. The molecule has 1 amide bonds. The van der Waals surface area contributed by atoms with Gasteiger partial charge in [-0.1, -0.05) is 43.7 Å².